The first-order valence-corrected chi connectivity index (χ1v) is 1.79. The van der Waals surface area contributed by atoms with Crippen LogP contribution in [0.15, 0.2) is 16.0 Å². The Balaban J connectivity index is 0.000000360. The molecule has 3 nitrogen and oxygen atoms in total. The van der Waals surface area contributed by atoms with E-state index in [2.05, 4.69) is 27.2 Å². The molecule has 0 unspecified atom stereocenters. The molecule has 0 spiro atoms. The Morgan fingerprint density at radius 3 is 2.57 bits per heavy atom. The second-order valence-corrected chi connectivity index (χ2v) is 1.10. The molecule has 0 saturated carbocycles. The Morgan fingerprint density at radius 2 is 2.43 bits per heavy atom. The summed E-state index contributed by atoms with van der Waals surface area (Å²) in [5.41, 5.74) is 0. The minimum atomic E-state index is 0. The van der Waals surface area contributed by atoms with Crippen molar-refractivity contribution in [2.24, 2.45) is 0 Å². The van der Waals surface area contributed by atoms with Gasteiger partial charge in [-0.1, -0.05) is 12.6 Å². The molecular weight excluding hydrogens is 139 g/mol. The fraction of sp³-hybridized carbons (Fsp3) is 0. The average molecular weight is 142 g/mol. The standard InChI is InChI=1S/C2H2N2OS.K.H/c6-2-4-3-1-5-2;;/h1H,(H,4,6);;. The van der Waals surface area contributed by atoms with Gasteiger partial charge in [0.15, 0.2) is 0 Å². The molecule has 1 aromatic rings. The second-order valence-electron chi connectivity index (χ2n) is 0.721. The van der Waals surface area contributed by atoms with Crippen molar-refractivity contribution in [1.29, 1.82) is 0 Å². The molecular formula is C2H3KN2OS. The van der Waals surface area contributed by atoms with Gasteiger partial charge in [-0.2, -0.15) is 0 Å². The van der Waals surface area contributed by atoms with E-state index in [0.717, 1.165) is 0 Å². The summed E-state index contributed by atoms with van der Waals surface area (Å²) in [7, 11) is 0. The number of nitrogens with zero attached hydrogens (tertiary/aromatic N) is 2. The summed E-state index contributed by atoms with van der Waals surface area (Å²) >= 11 is 3.70. The van der Waals surface area contributed by atoms with Crippen LogP contribution in [-0.4, -0.2) is 61.6 Å². The van der Waals surface area contributed by atoms with E-state index in [1.165, 1.54) is 6.39 Å². The molecule has 34 valence electrons. The van der Waals surface area contributed by atoms with Crippen molar-refractivity contribution >= 4 is 64.0 Å². The van der Waals surface area contributed by atoms with Gasteiger partial charge in [0, 0.05) is 0 Å². The SMILES string of the molecule is Sc1nnco1.[KH]. The van der Waals surface area contributed by atoms with Crippen LogP contribution in [0.3, 0.4) is 0 Å². The molecule has 0 N–H and O–H groups in total. The van der Waals surface area contributed by atoms with E-state index in [1.54, 1.807) is 0 Å². The summed E-state index contributed by atoms with van der Waals surface area (Å²) in [4.78, 5) is 0. The second kappa shape index (κ2) is 4.05. The number of rotatable bonds is 0. The summed E-state index contributed by atoms with van der Waals surface area (Å²) in [6, 6.07) is 0. The molecule has 0 fully saturated rings. The maximum absolute atomic E-state index is 4.48. The van der Waals surface area contributed by atoms with Crippen molar-refractivity contribution in [3.05, 3.63) is 6.39 Å². The number of hydrogen-bond acceptors (Lipinski definition) is 4. The van der Waals surface area contributed by atoms with Gasteiger partial charge in [-0.3, -0.25) is 0 Å². The summed E-state index contributed by atoms with van der Waals surface area (Å²) < 4.78 is 4.48. The Hall–Kier alpha value is 1.13. The number of thiol groups is 1. The van der Waals surface area contributed by atoms with Crippen LogP contribution in [0, 0.1) is 0 Å². The van der Waals surface area contributed by atoms with Crippen LogP contribution in [0.1, 0.15) is 0 Å². The van der Waals surface area contributed by atoms with Gasteiger partial charge in [0.25, 0.3) is 5.22 Å². The fourth-order valence-electron chi connectivity index (χ4n) is 0.167. The average Bonchev–Trinajstić information content (AvgIpc) is 1.86. The van der Waals surface area contributed by atoms with E-state index < -0.39 is 0 Å². The van der Waals surface area contributed by atoms with Crippen molar-refractivity contribution < 1.29 is 4.42 Å². The van der Waals surface area contributed by atoms with Crippen LogP contribution in [0.2, 0.25) is 0 Å². The summed E-state index contributed by atoms with van der Waals surface area (Å²) in [6.45, 7) is 0. The monoisotopic (exact) mass is 142 g/mol. The van der Waals surface area contributed by atoms with Crippen molar-refractivity contribution in [2.75, 3.05) is 0 Å². The third kappa shape index (κ3) is 2.84. The van der Waals surface area contributed by atoms with Crippen LogP contribution in [-0.2, 0) is 0 Å². The van der Waals surface area contributed by atoms with Gasteiger partial charge in [0.2, 0.25) is 6.39 Å². The van der Waals surface area contributed by atoms with E-state index in [0.29, 0.717) is 5.22 Å². The van der Waals surface area contributed by atoms with E-state index in [9.17, 15) is 0 Å². The van der Waals surface area contributed by atoms with Crippen LogP contribution in [0.25, 0.3) is 0 Å². The Morgan fingerprint density at radius 1 is 1.71 bits per heavy atom. The quantitative estimate of drug-likeness (QED) is 0.399. The van der Waals surface area contributed by atoms with E-state index in [1.807, 2.05) is 0 Å². The van der Waals surface area contributed by atoms with Crippen molar-refractivity contribution in [3.8, 4) is 0 Å². The third-order valence-electron chi connectivity index (χ3n) is 0.349. The van der Waals surface area contributed by atoms with Gasteiger partial charge in [-0.25, -0.2) is 0 Å². The molecule has 1 heterocycles. The van der Waals surface area contributed by atoms with Crippen molar-refractivity contribution in [2.45, 2.75) is 5.22 Å². The molecule has 0 aliphatic heterocycles. The molecule has 0 atom stereocenters. The normalized spacial score (nSPS) is 7.57. The number of aromatic nitrogens is 2. The zero-order valence-corrected chi connectivity index (χ0v) is 3.72. The molecule has 0 aliphatic carbocycles. The van der Waals surface area contributed by atoms with Gasteiger partial charge in [-0.05, 0) is 0 Å². The predicted octanol–water partition coefficient (Wildman–Crippen LogP) is -0.290. The first-order valence-electron chi connectivity index (χ1n) is 1.35. The first kappa shape index (κ1) is 8.13. The van der Waals surface area contributed by atoms with E-state index >= 15 is 0 Å². The van der Waals surface area contributed by atoms with Gasteiger partial charge in [0.1, 0.15) is 0 Å². The van der Waals surface area contributed by atoms with Crippen molar-refractivity contribution in [1.82, 2.24) is 10.2 Å². The van der Waals surface area contributed by atoms with Gasteiger partial charge < -0.3 is 4.42 Å². The van der Waals surface area contributed by atoms with Crippen LogP contribution in [0.5, 0.6) is 0 Å². The fourth-order valence-corrected chi connectivity index (χ4v) is 0.266. The Labute approximate surface area is 88.7 Å². The molecule has 0 aromatic carbocycles. The summed E-state index contributed by atoms with van der Waals surface area (Å²) in [5, 5.41) is 6.99. The van der Waals surface area contributed by atoms with Crippen molar-refractivity contribution in [3.63, 3.8) is 0 Å². The Kier molecular flexibility index (Phi) is 4.70. The van der Waals surface area contributed by atoms with Crippen LogP contribution in [0.4, 0.5) is 0 Å². The van der Waals surface area contributed by atoms with E-state index in [4.69, 9.17) is 0 Å². The zero-order valence-electron chi connectivity index (χ0n) is 2.83. The third-order valence-corrected chi connectivity index (χ3v) is 0.543. The summed E-state index contributed by atoms with van der Waals surface area (Å²) in [5.74, 6) is 0. The van der Waals surface area contributed by atoms with Gasteiger partial charge >= 0.3 is 51.4 Å². The molecule has 0 amide bonds. The molecule has 1 rings (SSSR count). The molecule has 1 aromatic heterocycles. The van der Waals surface area contributed by atoms with Gasteiger partial charge in [0.05, 0.1) is 0 Å². The number of hydrogen-bond donors (Lipinski definition) is 1. The predicted molar refractivity (Wildman–Crippen MR) is 28.7 cm³/mol. The molecule has 7 heavy (non-hydrogen) atoms. The molecule has 0 bridgehead atoms. The zero-order chi connectivity index (χ0) is 4.41. The topological polar surface area (TPSA) is 38.9 Å². The molecule has 0 saturated heterocycles. The van der Waals surface area contributed by atoms with E-state index in [-0.39, 0.29) is 51.4 Å². The minimum absolute atomic E-state index is 0. The first-order chi connectivity index (χ1) is 2.89. The summed E-state index contributed by atoms with van der Waals surface area (Å²) in [6.07, 6.45) is 1.22. The van der Waals surface area contributed by atoms with Gasteiger partial charge in [-0.15, -0.1) is 10.2 Å². The molecule has 0 aliphatic rings. The van der Waals surface area contributed by atoms with Crippen LogP contribution >= 0.6 is 12.6 Å². The maximum atomic E-state index is 4.48. The molecule has 5 heteroatoms. The van der Waals surface area contributed by atoms with Crippen LogP contribution < -0.4 is 0 Å². The molecule has 0 radical (unpaired) electrons. The Bertz CT molecular complexity index is 119.